The van der Waals surface area contributed by atoms with Crippen molar-refractivity contribution in [3.63, 3.8) is 0 Å². The molecule has 0 atom stereocenters. The van der Waals surface area contributed by atoms with E-state index in [2.05, 4.69) is 8.75 Å². The minimum Gasteiger partial charge on any atom is -0.398 e. The second-order valence-electron chi connectivity index (χ2n) is 2.57. The third-order valence-corrected chi connectivity index (χ3v) is 2.33. The lowest BCUT2D eigenvalue weighted by Gasteiger charge is -1.97. The molecule has 0 spiro atoms. The Kier molecular flexibility index (Phi) is 1.77. The number of aromatic nitrogens is 2. The van der Waals surface area contributed by atoms with Crippen molar-refractivity contribution in [3.05, 3.63) is 17.2 Å². The molecule has 2 N–H and O–H groups in total. The maximum absolute atomic E-state index is 8.82. The summed E-state index contributed by atoms with van der Waals surface area (Å²) >= 11 is 0.963. The van der Waals surface area contributed by atoms with Crippen molar-refractivity contribution in [2.24, 2.45) is 0 Å². The highest BCUT2D eigenvalue weighted by molar-refractivity contribution is 7.00. The van der Waals surface area contributed by atoms with E-state index in [1.54, 1.807) is 0 Å². The van der Waals surface area contributed by atoms with Gasteiger partial charge in [-0.3, -0.25) is 0 Å². The molecule has 14 heavy (non-hydrogen) atoms. The van der Waals surface area contributed by atoms with Gasteiger partial charge in [0.15, 0.2) is 0 Å². The highest BCUT2D eigenvalue weighted by Crippen LogP contribution is 2.25. The molecule has 1 aromatic carbocycles. The normalized spacial score (nSPS) is 9.57. The molecule has 0 radical (unpaired) electrons. The predicted octanol–water partition coefficient (Wildman–Crippen LogP) is 1.02. The summed E-state index contributed by atoms with van der Waals surface area (Å²) in [6.45, 7) is 0. The van der Waals surface area contributed by atoms with E-state index in [1.807, 2.05) is 12.1 Å². The maximum Gasteiger partial charge on any atom is 0.126 e. The van der Waals surface area contributed by atoms with Crippen molar-refractivity contribution < 1.29 is 0 Å². The zero-order valence-electron chi connectivity index (χ0n) is 6.85. The van der Waals surface area contributed by atoms with E-state index in [0.717, 1.165) is 11.7 Å². The first-order chi connectivity index (χ1) is 6.77. The Bertz CT molecular complexity index is 586. The molecule has 6 heteroatoms. The van der Waals surface area contributed by atoms with E-state index in [-0.39, 0.29) is 11.3 Å². The van der Waals surface area contributed by atoms with Gasteiger partial charge in [-0.2, -0.15) is 19.3 Å². The largest absolute Gasteiger partial charge is 0.398 e. The summed E-state index contributed by atoms with van der Waals surface area (Å²) in [6, 6.07) is 5.36. The topological polar surface area (TPSA) is 99.4 Å². The Morgan fingerprint density at radius 2 is 1.93 bits per heavy atom. The molecule has 0 aliphatic carbocycles. The average Bonchev–Trinajstić information content (AvgIpc) is 2.65. The smallest absolute Gasteiger partial charge is 0.126 e. The second kappa shape index (κ2) is 2.95. The molecule has 0 unspecified atom stereocenters. The lowest BCUT2D eigenvalue weighted by atomic mass is 10.1. The SMILES string of the molecule is N#Cc1cc(N)c(C#N)c2nsnc12. The molecule has 5 nitrogen and oxygen atoms in total. The quantitative estimate of drug-likeness (QED) is 0.641. The Morgan fingerprint density at radius 3 is 2.57 bits per heavy atom. The van der Waals surface area contributed by atoms with Crippen LogP contribution in [-0.2, 0) is 0 Å². The van der Waals surface area contributed by atoms with E-state index < -0.39 is 0 Å². The molecule has 0 amide bonds. The molecule has 0 fully saturated rings. The monoisotopic (exact) mass is 201 g/mol. The van der Waals surface area contributed by atoms with Gasteiger partial charge in [-0.05, 0) is 6.07 Å². The van der Waals surface area contributed by atoms with Gasteiger partial charge >= 0.3 is 0 Å². The van der Waals surface area contributed by atoms with Crippen LogP contribution in [0.3, 0.4) is 0 Å². The number of anilines is 1. The van der Waals surface area contributed by atoms with Crippen LogP contribution in [-0.4, -0.2) is 8.75 Å². The Labute approximate surface area is 83.3 Å². The molecule has 66 valence electrons. The molecule has 0 aliphatic heterocycles. The number of nitrogens with two attached hydrogens (primary N) is 1. The van der Waals surface area contributed by atoms with Crippen LogP contribution in [0.1, 0.15) is 11.1 Å². The number of nitrogens with zero attached hydrogens (tertiary/aromatic N) is 4. The molecular formula is C8H3N5S. The summed E-state index contributed by atoms with van der Waals surface area (Å²) in [5, 5.41) is 17.6. The van der Waals surface area contributed by atoms with Crippen molar-refractivity contribution in [1.29, 1.82) is 10.5 Å². The third kappa shape index (κ3) is 0.987. The summed E-state index contributed by atoms with van der Waals surface area (Å²) in [5.41, 5.74) is 7.36. The molecule has 0 bridgehead atoms. The minimum atomic E-state index is 0.268. The van der Waals surface area contributed by atoms with Crippen LogP contribution in [0.5, 0.6) is 0 Å². The van der Waals surface area contributed by atoms with Gasteiger partial charge in [-0.15, -0.1) is 0 Å². The van der Waals surface area contributed by atoms with E-state index >= 15 is 0 Å². The number of rotatable bonds is 0. The van der Waals surface area contributed by atoms with E-state index in [1.165, 1.54) is 6.07 Å². The summed E-state index contributed by atoms with van der Waals surface area (Å²) in [6.07, 6.45) is 0. The van der Waals surface area contributed by atoms with Crippen molar-refractivity contribution in [3.8, 4) is 12.1 Å². The lowest BCUT2D eigenvalue weighted by molar-refractivity contribution is 1.46. The van der Waals surface area contributed by atoms with Crippen LogP contribution in [0.25, 0.3) is 11.0 Å². The van der Waals surface area contributed by atoms with Crippen molar-refractivity contribution in [2.45, 2.75) is 0 Å². The first-order valence-corrected chi connectivity index (χ1v) is 4.36. The molecule has 2 rings (SSSR count). The van der Waals surface area contributed by atoms with Crippen molar-refractivity contribution in [1.82, 2.24) is 8.75 Å². The summed E-state index contributed by atoms with van der Waals surface area (Å²) in [7, 11) is 0. The van der Waals surface area contributed by atoms with Gasteiger partial charge in [0, 0.05) is 0 Å². The Balaban J connectivity index is 3.00. The molecule has 2 aromatic rings. The predicted molar refractivity (Wildman–Crippen MR) is 51.3 cm³/mol. The van der Waals surface area contributed by atoms with Gasteiger partial charge in [-0.1, -0.05) is 0 Å². The number of benzene rings is 1. The van der Waals surface area contributed by atoms with Gasteiger partial charge in [0.1, 0.15) is 28.7 Å². The van der Waals surface area contributed by atoms with Gasteiger partial charge < -0.3 is 5.73 Å². The zero-order chi connectivity index (χ0) is 10.1. The van der Waals surface area contributed by atoms with Crippen LogP contribution in [0.15, 0.2) is 6.07 Å². The molecule has 0 aliphatic rings. The van der Waals surface area contributed by atoms with Crippen LogP contribution in [0.4, 0.5) is 5.69 Å². The first-order valence-electron chi connectivity index (χ1n) is 3.63. The number of nitrogen functional groups attached to an aromatic ring is 1. The number of hydrogen-bond acceptors (Lipinski definition) is 6. The standard InChI is InChI=1S/C8H3N5S/c9-2-4-1-6(11)5(3-10)8-7(4)12-14-13-8/h1H,11H2. The van der Waals surface area contributed by atoms with Crippen molar-refractivity contribution >= 4 is 28.4 Å². The van der Waals surface area contributed by atoms with Crippen LogP contribution < -0.4 is 5.73 Å². The van der Waals surface area contributed by atoms with Gasteiger partial charge in [0.2, 0.25) is 0 Å². The fourth-order valence-corrected chi connectivity index (χ4v) is 1.73. The number of nitriles is 2. The average molecular weight is 201 g/mol. The number of hydrogen-bond donors (Lipinski definition) is 1. The van der Waals surface area contributed by atoms with Crippen LogP contribution in [0, 0.1) is 22.7 Å². The molecule has 1 aromatic heterocycles. The molecule has 1 heterocycles. The van der Waals surface area contributed by atoms with E-state index in [4.69, 9.17) is 16.3 Å². The first kappa shape index (κ1) is 8.42. The van der Waals surface area contributed by atoms with E-state index in [0.29, 0.717) is 16.6 Å². The van der Waals surface area contributed by atoms with Crippen LogP contribution >= 0.6 is 11.7 Å². The van der Waals surface area contributed by atoms with Gasteiger partial charge in [-0.25, -0.2) is 0 Å². The highest BCUT2D eigenvalue weighted by Gasteiger charge is 2.13. The summed E-state index contributed by atoms with van der Waals surface area (Å²) in [4.78, 5) is 0. The summed E-state index contributed by atoms with van der Waals surface area (Å²) < 4.78 is 7.88. The summed E-state index contributed by atoms with van der Waals surface area (Å²) in [5.74, 6) is 0. The Morgan fingerprint density at radius 1 is 1.21 bits per heavy atom. The van der Waals surface area contributed by atoms with Crippen LogP contribution in [0.2, 0.25) is 0 Å². The third-order valence-electron chi connectivity index (χ3n) is 1.80. The highest BCUT2D eigenvalue weighted by atomic mass is 32.1. The second-order valence-corrected chi connectivity index (χ2v) is 3.10. The fourth-order valence-electron chi connectivity index (χ4n) is 1.16. The number of fused-ring (bicyclic) bond motifs is 1. The Hall–Kier alpha value is -2.18. The zero-order valence-corrected chi connectivity index (χ0v) is 7.67. The van der Waals surface area contributed by atoms with E-state index in [9.17, 15) is 0 Å². The maximum atomic E-state index is 8.82. The van der Waals surface area contributed by atoms with Crippen molar-refractivity contribution in [2.75, 3.05) is 5.73 Å². The molecule has 0 saturated carbocycles. The molecule has 0 saturated heterocycles. The lowest BCUT2D eigenvalue weighted by Crippen LogP contribution is -1.93. The van der Waals surface area contributed by atoms with Gasteiger partial charge in [0.05, 0.1) is 23.0 Å². The molecular weight excluding hydrogens is 198 g/mol. The van der Waals surface area contributed by atoms with Gasteiger partial charge in [0.25, 0.3) is 0 Å². The fraction of sp³-hybridized carbons (Fsp3) is 0. The minimum absolute atomic E-state index is 0.268.